The second-order valence-corrected chi connectivity index (χ2v) is 9.20. The minimum Gasteiger partial charge on any atom is -0.312 e. The Morgan fingerprint density at radius 1 is 0.903 bits per heavy atom. The number of carbonyl (C=O) groups is 1. The molecule has 0 spiro atoms. The Morgan fingerprint density at radius 3 is 1.90 bits per heavy atom. The number of allylic oxidation sites excluding steroid dienone is 1. The van der Waals surface area contributed by atoms with Crippen LogP contribution in [0.4, 0.5) is 5.69 Å². The van der Waals surface area contributed by atoms with Gasteiger partial charge >= 0.3 is 0 Å². The van der Waals surface area contributed by atoms with Crippen molar-refractivity contribution in [3.63, 3.8) is 0 Å². The number of rotatable bonds is 6. The summed E-state index contributed by atoms with van der Waals surface area (Å²) < 4.78 is 0. The van der Waals surface area contributed by atoms with Gasteiger partial charge in [0.25, 0.3) is 0 Å². The summed E-state index contributed by atoms with van der Waals surface area (Å²) >= 11 is 0. The largest absolute Gasteiger partial charge is 0.312 e. The quantitative estimate of drug-likeness (QED) is 0.437. The first-order chi connectivity index (χ1) is 15.0. The van der Waals surface area contributed by atoms with Gasteiger partial charge in [-0.15, -0.1) is 0 Å². The van der Waals surface area contributed by atoms with E-state index in [4.69, 9.17) is 0 Å². The van der Waals surface area contributed by atoms with Crippen molar-refractivity contribution in [3.8, 4) is 0 Å². The average molecular weight is 410 g/mol. The maximum absolute atomic E-state index is 13.2. The number of hydrogen-bond donors (Lipinski definition) is 0. The molecule has 0 aromatic heterocycles. The van der Waals surface area contributed by atoms with Gasteiger partial charge in [0, 0.05) is 17.6 Å². The molecule has 3 aromatic rings. The fourth-order valence-corrected chi connectivity index (χ4v) is 4.65. The molecule has 2 nitrogen and oxygen atoms in total. The Kier molecular flexibility index (Phi) is 6.08. The summed E-state index contributed by atoms with van der Waals surface area (Å²) in [7, 11) is 0. The van der Waals surface area contributed by atoms with E-state index in [0.29, 0.717) is 11.8 Å². The highest BCUT2D eigenvalue weighted by atomic mass is 16.2. The number of benzene rings is 3. The number of amides is 1. The van der Waals surface area contributed by atoms with Crippen molar-refractivity contribution in [1.29, 1.82) is 0 Å². The first-order valence-corrected chi connectivity index (χ1v) is 11.2. The van der Waals surface area contributed by atoms with Crippen LogP contribution in [-0.2, 0) is 4.79 Å². The maximum Gasteiger partial charge on any atom is 0.232 e. The Balaban J connectivity index is 1.59. The molecule has 0 bridgehead atoms. The molecule has 31 heavy (non-hydrogen) atoms. The zero-order chi connectivity index (χ0) is 21.8. The van der Waals surface area contributed by atoms with Crippen LogP contribution in [0.1, 0.15) is 38.3 Å². The minimum absolute atomic E-state index is 0.228. The summed E-state index contributed by atoms with van der Waals surface area (Å²) in [6.45, 7) is 7.26. The summed E-state index contributed by atoms with van der Waals surface area (Å²) in [6, 6.07) is 31.2. The Hall–Kier alpha value is -3.13. The maximum atomic E-state index is 13.2. The molecule has 1 heterocycles. The van der Waals surface area contributed by atoms with E-state index in [1.165, 1.54) is 16.7 Å². The van der Waals surface area contributed by atoms with E-state index in [2.05, 4.69) is 87.5 Å². The molecule has 1 aliphatic rings. The van der Waals surface area contributed by atoms with E-state index < -0.39 is 0 Å². The van der Waals surface area contributed by atoms with Gasteiger partial charge in [-0.05, 0) is 47.1 Å². The van der Waals surface area contributed by atoms with Crippen LogP contribution >= 0.6 is 0 Å². The van der Waals surface area contributed by atoms with Crippen LogP contribution in [-0.4, -0.2) is 12.5 Å². The number of hydrogen-bond acceptors (Lipinski definition) is 1. The highest BCUT2D eigenvalue weighted by Gasteiger charge is 2.47. The fraction of sp³-hybridized carbons (Fsp3) is 0.276. The van der Waals surface area contributed by atoms with Crippen LogP contribution in [0.15, 0.2) is 97.1 Å². The molecule has 1 saturated heterocycles. The summed E-state index contributed by atoms with van der Waals surface area (Å²) in [5.74, 6) is 0.883. The lowest BCUT2D eigenvalue weighted by Gasteiger charge is -2.25. The minimum atomic E-state index is -0.363. The van der Waals surface area contributed by atoms with Crippen LogP contribution in [0.2, 0.25) is 0 Å². The van der Waals surface area contributed by atoms with Crippen molar-refractivity contribution in [3.05, 3.63) is 108 Å². The molecule has 0 saturated carbocycles. The number of anilines is 1. The third-order valence-corrected chi connectivity index (χ3v) is 6.56. The third-order valence-electron chi connectivity index (χ3n) is 6.56. The van der Waals surface area contributed by atoms with Gasteiger partial charge in [-0.2, -0.15) is 0 Å². The van der Waals surface area contributed by atoms with E-state index in [9.17, 15) is 4.79 Å². The van der Waals surface area contributed by atoms with Crippen LogP contribution in [0.3, 0.4) is 0 Å². The predicted octanol–water partition coefficient (Wildman–Crippen LogP) is 6.83. The van der Waals surface area contributed by atoms with Crippen molar-refractivity contribution in [2.75, 3.05) is 11.4 Å². The molecule has 2 heteroatoms. The summed E-state index contributed by atoms with van der Waals surface area (Å²) in [4.78, 5) is 15.2. The molecular weight excluding hydrogens is 378 g/mol. The Bertz CT molecular complexity index is 996. The van der Waals surface area contributed by atoms with Gasteiger partial charge in [0.1, 0.15) is 0 Å². The van der Waals surface area contributed by atoms with E-state index in [-0.39, 0.29) is 11.3 Å². The second kappa shape index (κ2) is 8.93. The number of para-hydroxylation sites is 1. The van der Waals surface area contributed by atoms with E-state index in [0.717, 1.165) is 18.7 Å². The standard InChI is InChI=1S/C29H31NO/c1-22(20-27(23-13-7-4-8-14-23)24-15-9-5-10-16-24)19-25-21-30(28(31)29(25,2)3)26-17-11-6-12-18-26/h4-18,20,22,25H,19,21H2,1-3H3. The molecule has 2 unspecified atom stereocenters. The Labute approximate surface area is 186 Å². The van der Waals surface area contributed by atoms with E-state index in [1.807, 2.05) is 35.2 Å². The lowest BCUT2D eigenvalue weighted by atomic mass is 9.76. The van der Waals surface area contributed by atoms with Gasteiger partial charge in [0.05, 0.1) is 0 Å². The molecule has 3 aromatic carbocycles. The Morgan fingerprint density at radius 2 is 1.39 bits per heavy atom. The third kappa shape index (κ3) is 4.49. The van der Waals surface area contributed by atoms with Gasteiger partial charge in [-0.3, -0.25) is 4.79 Å². The fourth-order valence-electron chi connectivity index (χ4n) is 4.65. The van der Waals surface area contributed by atoms with Gasteiger partial charge in [-0.1, -0.05) is 106 Å². The van der Waals surface area contributed by atoms with Crippen molar-refractivity contribution in [2.45, 2.75) is 27.2 Å². The first kappa shape index (κ1) is 21.1. The molecule has 0 aliphatic carbocycles. The van der Waals surface area contributed by atoms with Gasteiger partial charge in [-0.25, -0.2) is 0 Å². The summed E-state index contributed by atoms with van der Waals surface area (Å²) in [5.41, 5.74) is 4.36. The molecule has 158 valence electrons. The van der Waals surface area contributed by atoms with E-state index in [1.54, 1.807) is 0 Å². The smallest absolute Gasteiger partial charge is 0.232 e. The highest BCUT2D eigenvalue weighted by molar-refractivity contribution is 5.99. The molecule has 1 fully saturated rings. The van der Waals surface area contributed by atoms with Crippen LogP contribution < -0.4 is 4.90 Å². The van der Waals surface area contributed by atoms with Crippen LogP contribution in [0.25, 0.3) is 5.57 Å². The highest BCUT2D eigenvalue weighted by Crippen LogP contribution is 2.42. The number of carbonyl (C=O) groups excluding carboxylic acids is 1. The van der Waals surface area contributed by atoms with Crippen LogP contribution in [0, 0.1) is 17.3 Å². The lowest BCUT2D eigenvalue weighted by molar-refractivity contribution is -0.125. The first-order valence-electron chi connectivity index (χ1n) is 11.2. The second-order valence-electron chi connectivity index (χ2n) is 9.20. The molecule has 1 aliphatic heterocycles. The average Bonchev–Trinajstić information content (AvgIpc) is 3.02. The number of nitrogens with zero attached hydrogens (tertiary/aromatic N) is 1. The molecule has 0 N–H and O–H groups in total. The monoisotopic (exact) mass is 409 g/mol. The molecule has 4 rings (SSSR count). The summed E-state index contributed by atoms with van der Waals surface area (Å²) in [6.07, 6.45) is 3.36. The zero-order valence-corrected chi connectivity index (χ0v) is 18.7. The topological polar surface area (TPSA) is 20.3 Å². The van der Waals surface area contributed by atoms with Gasteiger partial charge in [0.2, 0.25) is 5.91 Å². The predicted molar refractivity (Wildman–Crippen MR) is 130 cm³/mol. The zero-order valence-electron chi connectivity index (χ0n) is 18.7. The van der Waals surface area contributed by atoms with Crippen LogP contribution in [0.5, 0.6) is 0 Å². The lowest BCUT2D eigenvalue weighted by Crippen LogP contribution is -2.31. The molecule has 0 radical (unpaired) electrons. The molecular formula is C29H31NO. The SMILES string of the molecule is CC(C=C(c1ccccc1)c1ccccc1)CC1CN(c2ccccc2)C(=O)C1(C)C. The van der Waals surface area contributed by atoms with Crippen molar-refractivity contribution < 1.29 is 4.79 Å². The van der Waals surface area contributed by atoms with Gasteiger partial charge in [0.15, 0.2) is 0 Å². The molecule has 2 atom stereocenters. The van der Waals surface area contributed by atoms with Gasteiger partial charge < -0.3 is 4.90 Å². The van der Waals surface area contributed by atoms with Crippen molar-refractivity contribution in [2.24, 2.45) is 17.3 Å². The molecule has 1 amide bonds. The van der Waals surface area contributed by atoms with E-state index >= 15 is 0 Å². The van der Waals surface area contributed by atoms with Crippen molar-refractivity contribution >= 4 is 17.2 Å². The van der Waals surface area contributed by atoms with Crippen molar-refractivity contribution in [1.82, 2.24) is 0 Å². The normalized spacial score (nSPS) is 18.6. The summed E-state index contributed by atoms with van der Waals surface area (Å²) in [5, 5.41) is 0.